The number of carbonyl (C=O) groups excluding carboxylic acids is 1. The van der Waals surface area contributed by atoms with Gasteiger partial charge >= 0.3 is 0 Å². The summed E-state index contributed by atoms with van der Waals surface area (Å²) in [7, 11) is -3.04. The van der Waals surface area contributed by atoms with Crippen molar-refractivity contribution in [2.45, 2.75) is 108 Å². The van der Waals surface area contributed by atoms with E-state index < -0.39 is 34.0 Å². The second kappa shape index (κ2) is 16.5. The smallest absolute Gasteiger partial charge is 0.275 e. The zero-order chi connectivity index (χ0) is 25.5. The molecule has 0 bridgehead atoms. The molecule has 0 aliphatic rings. The molecule has 0 radical (unpaired) electrons. The molecule has 0 atom stereocenters. The molecular formula is C23H53N2O4Si4+. The summed E-state index contributed by atoms with van der Waals surface area (Å²) in [5, 5.41) is 3.08. The number of rotatable bonds is 20. The van der Waals surface area contributed by atoms with Gasteiger partial charge in [0.05, 0.1) is 27.2 Å². The van der Waals surface area contributed by atoms with Crippen molar-refractivity contribution in [3.05, 3.63) is 0 Å². The van der Waals surface area contributed by atoms with E-state index in [0.717, 1.165) is 36.2 Å². The van der Waals surface area contributed by atoms with Crippen LogP contribution in [0.25, 0.3) is 0 Å². The molecule has 0 heterocycles. The van der Waals surface area contributed by atoms with Crippen molar-refractivity contribution in [3.63, 3.8) is 0 Å². The van der Waals surface area contributed by atoms with E-state index in [2.05, 4.69) is 46.0 Å². The summed E-state index contributed by atoms with van der Waals surface area (Å²) in [6.07, 6.45) is 5.80. The Bertz CT molecular complexity index is 592. The maximum atomic E-state index is 12.6. The molecule has 0 saturated carbocycles. The van der Waals surface area contributed by atoms with Crippen molar-refractivity contribution in [1.82, 2.24) is 5.32 Å². The van der Waals surface area contributed by atoms with Crippen LogP contribution >= 0.6 is 0 Å². The van der Waals surface area contributed by atoms with Gasteiger partial charge in [0, 0.05) is 24.3 Å². The minimum Gasteiger partial charge on any atom is -0.455 e. The van der Waals surface area contributed by atoms with Gasteiger partial charge in [-0.05, 0) is 69.9 Å². The van der Waals surface area contributed by atoms with E-state index in [-0.39, 0.29) is 5.91 Å². The molecule has 0 aliphatic carbocycles. The van der Waals surface area contributed by atoms with Crippen LogP contribution < -0.4 is 5.32 Å². The molecule has 33 heavy (non-hydrogen) atoms. The number of unbranched alkanes of at least 4 members (excludes halogenated alkanes) is 2. The normalized spacial score (nSPS) is 12.6. The highest BCUT2D eigenvalue weighted by Crippen LogP contribution is 2.29. The minimum absolute atomic E-state index is 0.125. The van der Waals surface area contributed by atoms with E-state index in [9.17, 15) is 13.7 Å². The van der Waals surface area contributed by atoms with Crippen LogP contribution in [0, 0.1) is 0 Å². The first-order chi connectivity index (χ1) is 15.3. The fourth-order valence-electron chi connectivity index (χ4n) is 4.43. The van der Waals surface area contributed by atoms with Gasteiger partial charge in [-0.1, -0.05) is 20.8 Å². The van der Waals surface area contributed by atoms with Crippen LogP contribution in [0.2, 0.25) is 49.1 Å². The van der Waals surface area contributed by atoms with E-state index in [0.29, 0.717) is 36.4 Å². The molecule has 0 spiro atoms. The molecular weight excluding hydrogens is 481 g/mol. The molecule has 194 valence electrons. The summed E-state index contributed by atoms with van der Waals surface area (Å²) in [6.45, 7) is 15.7. The summed E-state index contributed by atoms with van der Waals surface area (Å²) < 4.78 is 33.0. The minimum atomic E-state index is -2.36. The second-order valence-electron chi connectivity index (χ2n) is 11.2. The number of amides is 1. The topological polar surface area (TPSA) is 72.5 Å². The van der Waals surface area contributed by atoms with Crippen molar-refractivity contribution >= 4 is 39.9 Å². The predicted octanol–water partition coefficient (Wildman–Crippen LogP) is 5.30. The van der Waals surface area contributed by atoms with Crippen LogP contribution in [-0.2, 0) is 17.8 Å². The third-order valence-electron chi connectivity index (χ3n) is 5.98. The molecule has 0 fully saturated rings. The Hall–Kier alpha value is -0.142. The van der Waals surface area contributed by atoms with Crippen LogP contribution in [0.5, 0.6) is 0 Å². The second-order valence-corrected chi connectivity index (χ2v) is 25.5. The summed E-state index contributed by atoms with van der Waals surface area (Å²) in [5.74, 6) is 0.125. The van der Waals surface area contributed by atoms with Crippen LogP contribution in [0.1, 0.15) is 59.3 Å². The molecule has 10 heteroatoms. The van der Waals surface area contributed by atoms with Crippen LogP contribution in [0.4, 0.5) is 0 Å². The monoisotopic (exact) mass is 533 g/mol. The Labute approximate surface area is 209 Å². The Morgan fingerprint density at radius 2 is 1.45 bits per heavy atom. The lowest BCUT2D eigenvalue weighted by molar-refractivity contribution is -0.890. The first-order valence-corrected chi connectivity index (χ1v) is 22.7. The van der Waals surface area contributed by atoms with Crippen LogP contribution in [0.3, 0.4) is 0 Å². The number of nitrogens with one attached hydrogen (secondary N) is 1. The summed E-state index contributed by atoms with van der Waals surface area (Å²) in [4.78, 5) is 12.3. The standard InChI is InChI=1S/C23H52N2O4Si4/c1-9-18-25(4,5)19-14-12-13-16-23(26)24-17-15-20-33(21-30(27)10-2,22-31(28)11-3)29-32(6,7)8/h9-22H2,1-8H3/p+1. The van der Waals surface area contributed by atoms with E-state index in [1.807, 2.05) is 13.8 Å². The molecule has 1 N–H and O–H groups in total. The lowest BCUT2D eigenvalue weighted by Crippen LogP contribution is -2.50. The van der Waals surface area contributed by atoms with Gasteiger partial charge < -0.3 is 22.8 Å². The number of quaternary nitrogens is 1. The van der Waals surface area contributed by atoms with Crippen LogP contribution in [-0.4, -0.2) is 78.1 Å². The lowest BCUT2D eigenvalue weighted by atomic mass is 10.1. The average Bonchev–Trinajstić information content (AvgIpc) is 2.69. The SMILES string of the molecule is CCC[N+](C)(C)CCCCCC(=O)NCCC[Si](C[Si](=O)CC)(C[Si](=O)CC)O[Si](C)(C)C. The van der Waals surface area contributed by atoms with Crippen LogP contribution in [0.15, 0.2) is 0 Å². The third kappa shape index (κ3) is 17.0. The Morgan fingerprint density at radius 3 is 1.94 bits per heavy atom. The molecule has 0 saturated heterocycles. The number of hydrogen-bond acceptors (Lipinski definition) is 4. The van der Waals surface area contributed by atoms with Gasteiger partial charge in [0.1, 0.15) is 0 Å². The fraction of sp³-hybridized carbons (Fsp3) is 0.957. The van der Waals surface area contributed by atoms with E-state index in [4.69, 9.17) is 4.12 Å². The van der Waals surface area contributed by atoms with Gasteiger partial charge in [-0.25, -0.2) is 0 Å². The first kappa shape index (κ1) is 32.9. The average molecular weight is 534 g/mol. The maximum Gasteiger partial charge on any atom is 0.275 e. The van der Waals surface area contributed by atoms with Crippen molar-refractivity contribution in [2.75, 3.05) is 33.7 Å². The van der Waals surface area contributed by atoms with Gasteiger partial charge in [-0.3, -0.25) is 4.79 Å². The molecule has 0 rings (SSSR count). The zero-order valence-electron chi connectivity index (χ0n) is 23.0. The van der Waals surface area contributed by atoms with E-state index >= 15 is 0 Å². The molecule has 1 amide bonds. The van der Waals surface area contributed by atoms with Gasteiger partial charge in [0.15, 0.2) is 16.6 Å². The molecule has 0 aromatic heterocycles. The molecule has 6 nitrogen and oxygen atoms in total. The Balaban J connectivity index is 4.64. The molecule has 0 aromatic carbocycles. The van der Waals surface area contributed by atoms with Crippen molar-refractivity contribution in [2.24, 2.45) is 0 Å². The highest BCUT2D eigenvalue weighted by molar-refractivity contribution is 6.94. The van der Waals surface area contributed by atoms with Gasteiger partial charge in [-0.2, -0.15) is 0 Å². The van der Waals surface area contributed by atoms with Gasteiger partial charge in [-0.15, -0.1) is 0 Å². The highest BCUT2D eigenvalue weighted by Gasteiger charge is 2.42. The number of carbonyl (C=O) groups is 1. The first-order valence-electron chi connectivity index (χ1n) is 13.1. The largest absolute Gasteiger partial charge is 0.455 e. The molecule has 0 unspecified atom stereocenters. The van der Waals surface area contributed by atoms with E-state index in [1.165, 1.54) is 19.5 Å². The molecule has 0 aliphatic heterocycles. The van der Waals surface area contributed by atoms with Crippen molar-refractivity contribution in [1.29, 1.82) is 0 Å². The highest BCUT2D eigenvalue weighted by atomic mass is 28.5. The van der Waals surface area contributed by atoms with E-state index in [1.54, 1.807) is 0 Å². The lowest BCUT2D eigenvalue weighted by Gasteiger charge is -2.37. The summed E-state index contributed by atoms with van der Waals surface area (Å²) >= 11 is 0. The number of nitrogens with zero attached hydrogens (tertiary/aromatic N) is 1. The Morgan fingerprint density at radius 1 is 0.879 bits per heavy atom. The third-order valence-corrected chi connectivity index (χ3v) is 21.3. The Kier molecular flexibility index (Phi) is 16.4. The molecule has 0 aromatic rings. The predicted molar refractivity (Wildman–Crippen MR) is 147 cm³/mol. The van der Waals surface area contributed by atoms with Crippen molar-refractivity contribution in [3.8, 4) is 0 Å². The number of hydrogen-bond donors (Lipinski definition) is 1. The summed E-state index contributed by atoms with van der Waals surface area (Å²) in [6, 6.07) is 2.22. The van der Waals surface area contributed by atoms with Crippen molar-refractivity contribution < 1.29 is 22.3 Å². The zero-order valence-corrected chi connectivity index (χ0v) is 27.0. The summed E-state index contributed by atoms with van der Waals surface area (Å²) in [5.41, 5.74) is 1.30. The fourth-order valence-corrected chi connectivity index (χ4v) is 23.5. The van der Waals surface area contributed by atoms with Gasteiger partial charge in [0.2, 0.25) is 5.91 Å². The quantitative estimate of drug-likeness (QED) is 0.131. The van der Waals surface area contributed by atoms with Gasteiger partial charge in [0.25, 0.3) is 17.4 Å². The maximum absolute atomic E-state index is 12.6.